The van der Waals surface area contributed by atoms with Crippen LogP contribution in [0.3, 0.4) is 0 Å². The third kappa shape index (κ3) is 5.71. The summed E-state index contributed by atoms with van der Waals surface area (Å²) in [6.45, 7) is 2.96. The molecule has 0 aromatic heterocycles. The minimum Gasteiger partial charge on any atom is -0.466 e. The lowest BCUT2D eigenvalue weighted by Gasteiger charge is -2.41. The summed E-state index contributed by atoms with van der Waals surface area (Å²) >= 11 is 6.11. The summed E-state index contributed by atoms with van der Waals surface area (Å²) in [5, 5.41) is 0.613. The van der Waals surface area contributed by atoms with Crippen molar-refractivity contribution in [3.63, 3.8) is 0 Å². The Bertz CT molecular complexity index is 722. The van der Waals surface area contributed by atoms with Crippen LogP contribution in [-0.4, -0.2) is 61.4 Å². The maximum absolute atomic E-state index is 12.9. The molecule has 0 aliphatic carbocycles. The predicted octanol–water partition coefficient (Wildman–Crippen LogP) is 2.92. The molecule has 0 N–H and O–H groups in total. The fraction of sp³-hybridized carbons (Fsp3) is 0.571. The molecule has 7 heteroatoms. The first-order valence-electron chi connectivity index (χ1n) is 9.67. The molecule has 0 radical (unpaired) electrons. The maximum atomic E-state index is 12.9. The van der Waals surface area contributed by atoms with Crippen LogP contribution in [0.4, 0.5) is 0 Å². The first kappa shape index (κ1) is 22.2. The van der Waals surface area contributed by atoms with Crippen LogP contribution in [0.1, 0.15) is 38.2 Å². The van der Waals surface area contributed by atoms with Crippen molar-refractivity contribution in [2.75, 3.05) is 33.8 Å². The smallest absolute Gasteiger partial charge is 0.314 e. The van der Waals surface area contributed by atoms with Gasteiger partial charge in [0.25, 0.3) is 0 Å². The van der Waals surface area contributed by atoms with E-state index in [9.17, 15) is 14.4 Å². The number of carbonyl (C=O) groups is 3. The van der Waals surface area contributed by atoms with Gasteiger partial charge in [-0.1, -0.05) is 23.7 Å². The van der Waals surface area contributed by atoms with Crippen molar-refractivity contribution in [3.05, 3.63) is 34.9 Å². The van der Waals surface area contributed by atoms with Crippen molar-refractivity contribution in [2.24, 2.45) is 5.41 Å². The molecule has 0 bridgehead atoms. The number of nitrogens with zero attached hydrogens (tertiary/aromatic N) is 2. The van der Waals surface area contributed by atoms with Gasteiger partial charge < -0.3 is 14.5 Å². The summed E-state index contributed by atoms with van der Waals surface area (Å²) < 4.78 is 5.37. The van der Waals surface area contributed by atoms with Gasteiger partial charge in [0.1, 0.15) is 0 Å². The molecule has 1 saturated heterocycles. The van der Waals surface area contributed by atoms with E-state index in [2.05, 4.69) is 0 Å². The molecule has 0 unspecified atom stereocenters. The standard InChI is InChI=1S/C21H29ClN2O4/c1-4-28-20(27)21(14-16-7-5-8-17(22)13-16)11-6-12-24(15-21)19(26)10-9-18(25)23(2)3/h5,7-8,13H,4,6,9-12,14-15H2,1-3H3/t21-/m1/s1. The van der Waals surface area contributed by atoms with Gasteiger partial charge in [0.15, 0.2) is 0 Å². The molecular formula is C21H29ClN2O4. The topological polar surface area (TPSA) is 66.9 Å². The Kier molecular flexibility index (Phi) is 7.87. The second-order valence-electron chi connectivity index (χ2n) is 7.51. The zero-order chi connectivity index (χ0) is 20.7. The number of piperidine rings is 1. The Morgan fingerprint density at radius 3 is 2.64 bits per heavy atom. The summed E-state index contributed by atoms with van der Waals surface area (Å²) in [6.07, 6.45) is 2.15. The number of carbonyl (C=O) groups excluding carboxylic acids is 3. The molecule has 1 aromatic rings. The molecule has 1 aromatic carbocycles. The number of hydrogen-bond donors (Lipinski definition) is 0. The quantitative estimate of drug-likeness (QED) is 0.650. The highest BCUT2D eigenvalue weighted by atomic mass is 35.5. The Labute approximate surface area is 171 Å². The molecule has 2 amide bonds. The highest BCUT2D eigenvalue weighted by Gasteiger charge is 2.44. The molecular weight excluding hydrogens is 380 g/mol. The average Bonchev–Trinajstić information content (AvgIpc) is 2.66. The van der Waals surface area contributed by atoms with Crippen molar-refractivity contribution in [1.29, 1.82) is 0 Å². The minimum atomic E-state index is -0.792. The second kappa shape index (κ2) is 9.92. The van der Waals surface area contributed by atoms with Gasteiger partial charge >= 0.3 is 5.97 Å². The molecule has 0 spiro atoms. The fourth-order valence-corrected chi connectivity index (χ4v) is 3.86. The zero-order valence-electron chi connectivity index (χ0n) is 16.9. The Hall–Kier alpha value is -2.08. The molecule has 1 fully saturated rings. The second-order valence-corrected chi connectivity index (χ2v) is 7.95. The number of esters is 1. The van der Waals surface area contributed by atoms with Crippen LogP contribution in [0.2, 0.25) is 5.02 Å². The van der Waals surface area contributed by atoms with Crippen LogP contribution < -0.4 is 0 Å². The van der Waals surface area contributed by atoms with Crippen molar-refractivity contribution < 1.29 is 19.1 Å². The van der Waals surface area contributed by atoms with Gasteiger partial charge in [-0.15, -0.1) is 0 Å². The van der Waals surface area contributed by atoms with Gasteiger partial charge in [-0.25, -0.2) is 0 Å². The SMILES string of the molecule is CCOC(=O)[C@@]1(Cc2cccc(Cl)c2)CCCN(C(=O)CCC(=O)N(C)C)C1. The summed E-state index contributed by atoms with van der Waals surface area (Å²) in [6, 6.07) is 7.43. The summed E-state index contributed by atoms with van der Waals surface area (Å²) in [4.78, 5) is 40.5. The highest BCUT2D eigenvalue weighted by Crippen LogP contribution is 2.36. The predicted molar refractivity (Wildman–Crippen MR) is 108 cm³/mol. The fourth-order valence-electron chi connectivity index (χ4n) is 3.65. The molecule has 1 atom stereocenters. The number of benzene rings is 1. The maximum Gasteiger partial charge on any atom is 0.314 e. The molecule has 6 nitrogen and oxygen atoms in total. The summed E-state index contributed by atoms with van der Waals surface area (Å²) in [5.41, 5.74) is 0.151. The largest absolute Gasteiger partial charge is 0.466 e. The van der Waals surface area contributed by atoms with E-state index >= 15 is 0 Å². The molecule has 1 aliphatic rings. The van der Waals surface area contributed by atoms with Crippen molar-refractivity contribution in [1.82, 2.24) is 9.80 Å². The Morgan fingerprint density at radius 2 is 2.00 bits per heavy atom. The third-order valence-electron chi connectivity index (χ3n) is 5.12. The average molecular weight is 409 g/mol. The molecule has 1 aliphatic heterocycles. The van der Waals surface area contributed by atoms with Gasteiger partial charge in [-0.3, -0.25) is 14.4 Å². The lowest BCUT2D eigenvalue weighted by Crippen LogP contribution is -2.51. The van der Waals surface area contributed by atoms with Gasteiger partial charge in [0.05, 0.1) is 12.0 Å². The molecule has 28 heavy (non-hydrogen) atoms. The van der Waals surface area contributed by atoms with E-state index in [-0.39, 0.29) is 30.6 Å². The first-order valence-corrected chi connectivity index (χ1v) is 10.0. The lowest BCUT2D eigenvalue weighted by atomic mass is 9.75. The number of rotatable bonds is 7. The van der Waals surface area contributed by atoms with E-state index in [4.69, 9.17) is 16.3 Å². The molecule has 1 heterocycles. The lowest BCUT2D eigenvalue weighted by molar-refractivity contribution is -0.161. The number of amides is 2. The zero-order valence-corrected chi connectivity index (χ0v) is 17.6. The van der Waals surface area contributed by atoms with Gasteiger partial charge in [-0.05, 0) is 43.9 Å². The van der Waals surface area contributed by atoms with Crippen LogP contribution >= 0.6 is 11.6 Å². The van der Waals surface area contributed by atoms with Crippen molar-refractivity contribution in [2.45, 2.75) is 39.0 Å². The number of likely N-dealkylation sites (tertiary alicyclic amines) is 1. The normalized spacial score (nSPS) is 19.2. The number of ether oxygens (including phenoxy) is 1. The van der Waals surface area contributed by atoms with Gasteiger partial charge in [-0.2, -0.15) is 0 Å². The Balaban J connectivity index is 2.16. The number of halogens is 1. The van der Waals surface area contributed by atoms with E-state index in [0.717, 1.165) is 5.56 Å². The monoisotopic (exact) mass is 408 g/mol. The van der Waals surface area contributed by atoms with Crippen molar-refractivity contribution in [3.8, 4) is 0 Å². The molecule has 2 rings (SSSR count). The highest BCUT2D eigenvalue weighted by molar-refractivity contribution is 6.30. The van der Waals surface area contributed by atoms with Crippen LogP contribution in [0.5, 0.6) is 0 Å². The molecule has 154 valence electrons. The number of hydrogen-bond acceptors (Lipinski definition) is 4. The minimum absolute atomic E-state index is 0.0825. The van der Waals surface area contributed by atoms with Crippen LogP contribution in [0.25, 0.3) is 0 Å². The van der Waals surface area contributed by atoms with Gasteiger partial charge in [0.2, 0.25) is 11.8 Å². The van der Waals surface area contributed by atoms with Crippen LogP contribution in [0, 0.1) is 5.41 Å². The Morgan fingerprint density at radius 1 is 1.25 bits per heavy atom. The third-order valence-corrected chi connectivity index (χ3v) is 5.36. The van der Waals surface area contributed by atoms with E-state index in [1.54, 1.807) is 32.0 Å². The van der Waals surface area contributed by atoms with E-state index in [0.29, 0.717) is 44.0 Å². The first-order chi connectivity index (χ1) is 13.3. The van der Waals surface area contributed by atoms with E-state index in [1.807, 2.05) is 18.2 Å². The molecule has 0 saturated carbocycles. The van der Waals surface area contributed by atoms with Crippen molar-refractivity contribution >= 4 is 29.4 Å². The summed E-state index contributed by atoms with van der Waals surface area (Å²) in [5.74, 6) is -0.465. The van der Waals surface area contributed by atoms with Gasteiger partial charge in [0, 0.05) is 45.0 Å². The van der Waals surface area contributed by atoms with E-state index in [1.165, 1.54) is 4.90 Å². The summed E-state index contributed by atoms with van der Waals surface area (Å²) in [7, 11) is 3.34. The van der Waals surface area contributed by atoms with E-state index < -0.39 is 5.41 Å². The van der Waals surface area contributed by atoms with Crippen LogP contribution in [0.15, 0.2) is 24.3 Å². The van der Waals surface area contributed by atoms with Crippen LogP contribution in [-0.2, 0) is 25.5 Å².